The van der Waals surface area contributed by atoms with Crippen LogP contribution in [0.5, 0.6) is 0 Å². The Morgan fingerprint density at radius 1 is 1.11 bits per heavy atom. The van der Waals surface area contributed by atoms with Crippen LogP contribution in [0.15, 0.2) is 42.5 Å². The van der Waals surface area contributed by atoms with E-state index >= 15 is 0 Å². The SMILES string of the molecule is Cc1ccc(CNC(=O)c2c(C)nn(Cc3ccc(F)cc3)c2Cl)cc1F. The van der Waals surface area contributed by atoms with Gasteiger partial charge in [0, 0.05) is 6.54 Å². The Kier molecular flexibility index (Phi) is 5.56. The van der Waals surface area contributed by atoms with Gasteiger partial charge in [-0.2, -0.15) is 5.10 Å². The Hall–Kier alpha value is -2.73. The van der Waals surface area contributed by atoms with Crippen molar-refractivity contribution in [2.24, 2.45) is 0 Å². The summed E-state index contributed by atoms with van der Waals surface area (Å²) in [5.41, 5.74) is 2.76. The molecule has 0 saturated heterocycles. The zero-order valence-corrected chi connectivity index (χ0v) is 15.6. The van der Waals surface area contributed by atoms with Crippen molar-refractivity contribution >= 4 is 17.5 Å². The molecule has 7 heteroatoms. The second-order valence-electron chi connectivity index (χ2n) is 6.30. The first kappa shape index (κ1) is 19.0. The quantitative estimate of drug-likeness (QED) is 0.702. The Morgan fingerprint density at radius 3 is 2.44 bits per heavy atom. The third-order valence-corrected chi connectivity index (χ3v) is 4.61. The summed E-state index contributed by atoms with van der Waals surface area (Å²) in [5.74, 6) is -1.03. The van der Waals surface area contributed by atoms with Crippen molar-refractivity contribution in [2.45, 2.75) is 26.9 Å². The average Bonchev–Trinajstić information content (AvgIpc) is 2.91. The monoisotopic (exact) mass is 389 g/mol. The van der Waals surface area contributed by atoms with Crippen molar-refractivity contribution in [3.63, 3.8) is 0 Å². The zero-order chi connectivity index (χ0) is 19.6. The minimum absolute atomic E-state index is 0.176. The summed E-state index contributed by atoms with van der Waals surface area (Å²) in [7, 11) is 0. The van der Waals surface area contributed by atoms with Gasteiger partial charge in [0.2, 0.25) is 0 Å². The predicted molar refractivity (Wildman–Crippen MR) is 99.8 cm³/mol. The fraction of sp³-hybridized carbons (Fsp3) is 0.200. The van der Waals surface area contributed by atoms with E-state index in [0.717, 1.165) is 5.56 Å². The fourth-order valence-corrected chi connectivity index (χ4v) is 3.02. The lowest BCUT2D eigenvalue weighted by Crippen LogP contribution is -2.23. The number of halogens is 3. The second-order valence-corrected chi connectivity index (χ2v) is 6.66. The van der Waals surface area contributed by atoms with E-state index in [2.05, 4.69) is 10.4 Å². The Labute approximate surface area is 160 Å². The zero-order valence-electron chi connectivity index (χ0n) is 14.9. The van der Waals surface area contributed by atoms with Crippen molar-refractivity contribution in [3.8, 4) is 0 Å². The first-order valence-corrected chi connectivity index (χ1v) is 8.73. The van der Waals surface area contributed by atoms with E-state index in [1.165, 1.54) is 22.9 Å². The topological polar surface area (TPSA) is 46.9 Å². The second kappa shape index (κ2) is 7.88. The molecule has 1 aromatic heterocycles. The highest BCUT2D eigenvalue weighted by atomic mass is 35.5. The normalized spacial score (nSPS) is 10.9. The van der Waals surface area contributed by atoms with Crippen LogP contribution in [0.4, 0.5) is 8.78 Å². The molecule has 4 nitrogen and oxygen atoms in total. The van der Waals surface area contributed by atoms with Crippen molar-refractivity contribution in [3.05, 3.63) is 87.2 Å². The third-order valence-electron chi connectivity index (χ3n) is 4.23. The number of benzene rings is 2. The Balaban J connectivity index is 1.73. The van der Waals surface area contributed by atoms with Gasteiger partial charge in [0.25, 0.3) is 5.91 Å². The van der Waals surface area contributed by atoms with Gasteiger partial charge < -0.3 is 5.32 Å². The van der Waals surface area contributed by atoms with Gasteiger partial charge in [-0.1, -0.05) is 35.9 Å². The molecule has 0 radical (unpaired) electrons. The maximum atomic E-state index is 13.6. The van der Waals surface area contributed by atoms with E-state index in [4.69, 9.17) is 11.6 Å². The minimum atomic E-state index is -0.385. The molecule has 3 aromatic rings. The number of hydrogen-bond acceptors (Lipinski definition) is 2. The number of carbonyl (C=O) groups is 1. The smallest absolute Gasteiger partial charge is 0.256 e. The molecule has 0 fully saturated rings. The maximum Gasteiger partial charge on any atom is 0.256 e. The molecule has 1 amide bonds. The maximum absolute atomic E-state index is 13.6. The van der Waals surface area contributed by atoms with Gasteiger partial charge in [-0.3, -0.25) is 4.79 Å². The molecule has 140 valence electrons. The molecular formula is C20H18ClF2N3O. The summed E-state index contributed by atoms with van der Waals surface area (Å²) in [4.78, 5) is 12.5. The number of rotatable bonds is 5. The number of amides is 1. The molecule has 1 heterocycles. The average molecular weight is 390 g/mol. The fourth-order valence-electron chi connectivity index (χ4n) is 2.70. The van der Waals surface area contributed by atoms with E-state index < -0.39 is 0 Å². The molecule has 27 heavy (non-hydrogen) atoms. The van der Waals surface area contributed by atoms with Gasteiger partial charge in [0.1, 0.15) is 16.8 Å². The summed E-state index contributed by atoms with van der Waals surface area (Å²) in [5, 5.41) is 7.23. The molecule has 0 bridgehead atoms. The van der Waals surface area contributed by atoms with Gasteiger partial charge in [-0.15, -0.1) is 0 Å². The molecule has 0 aliphatic heterocycles. The molecular weight excluding hydrogens is 372 g/mol. The van der Waals surface area contributed by atoms with Crippen LogP contribution in [0.3, 0.4) is 0 Å². The van der Waals surface area contributed by atoms with Crippen molar-refractivity contribution in [2.75, 3.05) is 0 Å². The standard InChI is InChI=1S/C20H18ClF2N3O/c1-12-3-4-15(9-17(12)23)10-24-20(27)18-13(2)25-26(19(18)21)11-14-5-7-16(22)8-6-14/h3-9H,10-11H2,1-2H3,(H,24,27). The van der Waals surface area contributed by atoms with Crippen LogP contribution in [-0.4, -0.2) is 15.7 Å². The Bertz CT molecular complexity index is 984. The van der Waals surface area contributed by atoms with E-state index in [-0.39, 0.29) is 34.8 Å². The van der Waals surface area contributed by atoms with Crippen LogP contribution < -0.4 is 5.32 Å². The van der Waals surface area contributed by atoms with Crippen LogP contribution in [0.1, 0.15) is 32.7 Å². The highest BCUT2D eigenvalue weighted by Crippen LogP contribution is 2.21. The van der Waals surface area contributed by atoms with Gasteiger partial charge in [-0.25, -0.2) is 13.5 Å². The van der Waals surface area contributed by atoms with Crippen molar-refractivity contribution in [1.82, 2.24) is 15.1 Å². The molecule has 0 aliphatic carbocycles. The lowest BCUT2D eigenvalue weighted by atomic mass is 10.1. The largest absolute Gasteiger partial charge is 0.348 e. The molecule has 1 N–H and O–H groups in total. The lowest BCUT2D eigenvalue weighted by Gasteiger charge is -2.07. The number of aromatic nitrogens is 2. The van der Waals surface area contributed by atoms with Crippen LogP contribution in [0.2, 0.25) is 5.15 Å². The molecule has 3 rings (SSSR count). The van der Waals surface area contributed by atoms with Gasteiger partial charge in [-0.05, 0) is 48.7 Å². The molecule has 0 spiro atoms. The summed E-state index contributed by atoms with van der Waals surface area (Å²) >= 11 is 6.34. The minimum Gasteiger partial charge on any atom is -0.348 e. The van der Waals surface area contributed by atoms with E-state index in [1.54, 1.807) is 38.1 Å². The van der Waals surface area contributed by atoms with E-state index in [1.807, 2.05) is 0 Å². The number of carbonyl (C=O) groups excluding carboxylic acids is 1. The number of nitrogens with one attached hydrogen (secondary N) is 1. The van der Waals surface area contributed by atoms with E-state index in [9.17, 15) is 13.6 Å². The number of nitrogens with zero attached hydrogens (tertiary/aromatic N) is 2. The molecule has 0 aliphatic rings. The molecule has 0 atom stereocenters. The molecule has 2 aromatic carbocycles. The van der Waals surface area contributed by atoms with Gasteiger partial charge in [0.05, 0.1) is 17.8 Å². The summed E-state index contributed by atoms with van der Waals surface area (Å²) in [6.45, 7) is 3.86. The first-order chi connectivity index (χ1) is 12.8. The van der Waals surface area contributed by atoms with Crippen LogP contribution in [-0.2, 0) is 13.1 Å². The van der Waals surface area contributed by atoms with Crippen molar-refractivity contribution < 1.29 is 13.6 Å². The summed E-state index contributed by atoms with van der Waals surface area (Å²) < 4.78 is 28.1. The molecule has 0 unspecified atom stereocenters. The predicted octanol–water partition coefficient (Wildman–Crippen LogP) is 4.41. The summed E-state index contributed by atoms with van der Waals surface area (Å²) in [6, 6.07) is 10.8. The lowest BCUT2D eigenvalue weighted by molar-refractivity contribution is 0.0950. The first-order valence-electron chi connectivity index (χ1n) is 8.35. The van der Waals surface area contributed by atoms with E-state index in [0.29, 0.717) is 23.4 Å². The summed E-state index contributed by atoms with van der Waals surface area (Å²) in [6.07, 6.45) is 0. The third kappa shape index (κ3) is 4.34. The van der Waals surface area contributed by atoms with Crippen LogP contribution >= 0.6 is 11.6 Å². The Morgan fingerprint density at radius 2 is 1.78 bits per heavy atom. The molecule has 0 saturated carbocycles. The number of aryl methyl sites for hydroxylation is 2. The van der Waals surface area contributed by atoms with Gasteiger partial charge in [0.15, 0.2) is 0 Å². The van der Waals surface area contributed by atoms with Gasteiger partial charge >= 0.3 is 0 Å². The van der Waals surface area contributed by atoms with Crippen LogP contribution in [0.25, 0.3) is 0 Å². The highest BCUT2D eigenvalue weighted by Gasteiger charge is 2.20. The van der Waals surface area contributed by atoms with Crippen LogP contribution in [0, 0.1) is 25.5 Å². The van der Waals surface area contributed by atoms with Crippen molar-refractivity contribution in [1.29, 1.82) is 0 Å². The highest BCUT2D eigenvalue weighted by molar-refractivity contribution is 6.33. The number of hydrogen-bond donors (Lipinski definition) is 1.